The average molecular weight is 433 g/mol. The zero-order valence-corrected chi connectivity index (χ0v) is 17.7. The SMILES string of the molecule is COc1cccc(Nc2nnc(SCC(=O)Nc3ccc(OC)c(OC)c3)s2)c1. The maximum Gasteiger partial charge on any atom is 0.234 e. The molecule has 152 valence electrons. The fraction of sp³-hybridized carbons (Fsp3) is 0.211. The van der Waals surface area contributed by atoms with E-state index in [1.165, 1.54) is 23.1 Å². The highest BCUT2D eigenvalue weighted by molar-refractivity contribution is 8.01. The number of carbonyl (C=O) groups excluding carboxylic acids is 1. The van der Waals surface area contributed by atoms with Gasteiger partial charge in [0.1, 0.15) is 5.75 Å². The molecule has 0 saturated carbocycles. The molecule has 10 heteroatoms. The second kappa shape index (κ2) is 9.99. The Morgan fingerprint density at radius 1 is 1.00 bits per heavy atom. The van der Waals surface area contributed by atoms with Gasteiger partial charge in [-0.3, -0.25) is 4.79 Å². The zero-order chi connectivity index (χ0) is 20.6. The van der Waals surface area contributed by atoms with Crippen molar-refractivity contribution < 1.29 is 19.0 Å². The van der Waals surface area contributed by atoms with Gasteiger partial charge in [-0.25, -0.2) is 0 Å². The van der Waals surface area contributed by atoms with Crippen molar-refractivity contribution in [1.29, 1.82) is 0 Å². The van der Waals surface area contributed by atoms with Crippen LogP contribution in [0.2, 0.25) is 0 Å². The van der Waals surface area contributed by atoms with Crippen molar-refractivity contribution in [1.82, 2.24) is 10.2 Å². The topological polar surface area (TPSA) is 94.6 Å². The van der Waals surface area contributed by atoms with Crippen molar-refractivity contribution in [2.24, 2.45) is 0 Å². The molecule has 3 aromatic rings. The number of amides is 1. The Kier molecular flexibility index (Phi) is 7.14. The number of nitrogens with one attached hydrogen (secondary N) is 2. The van der Waals surface area contributed by atoms with Crippen molar-refractivity contribution in [3.05, 3.63) is 42.5 Å². The first-order chi connectivity index (χ1) is 14.1. The summed E-state index contributed by atoms with van der Waals surface area (Å²) in [6.07, 6.45) is 0. The molecule has 8 nitrogen and oxygen atoms in total. The van der Waals surface area contributed by atoms with Gasteiger partial charge in [0, 0.05) is 23.5 Å². The first-order valence-corrected chi connectivity index (χ1v) is 10.3. The third-order valence-electron chi connectivity index (χ3n) is 3.72. The first-order valence-electron chi connectivity index (χ1n) is 8.50. The number of ether oxygens (including phenoxy) is 3. The van der Waals surface area contributed by atoms with Crippen LogP contribution in [0.3, 0.4) is 0 Å². The van der Waals surface area contributed by atoms with E-state index in [0.29, 0.717) is 26.7 Å². The molecule has 0 atom stereocenters. The van der Waals surface area contributed by atoms with Crippen LogP contribution in [0.15, 0.2) is 46.8 Å². The predicted molar refractivity (Wildman–Crippen MR) is 115 cm³/mol. The Balaban J connectivity index is 1.53. The van der Waals surface area contributed by atoms with E-state index in [1.807, 2.05) is 24.3 Å². The lowest BCUT2D eigenvalue weighted by Gasteiger charge is -2.10. The number of methoxy groups -OCH3 is 3. The van der Waals surface area contributed by atoms with E-state index in [2.05, 4.69) is 20.8 Å². The van der Waals surface area contributed by atoms with E-state index in [4.69, 9.17) is 14.2 Å². The summed E-state index contributed by atoms with van der Waals surface area (Å²) in [7, 11) is 4.73. The normalized spacial score (nSPS) is 10.3. The Morgan fingerprint density at radius 3 is 2.59 bits per heavy atom. The maximum atomic E-state index is 12.2. The number of hydrogen-bond donors (Lipinski definition) is 2. The van der Waals surface area contributed by atoms with Crippen molar-refractivity contribution >= 4 is 45.5 Å². The minimum absolute atomic E-state index is 0.153. The molecular formula is C19H20N4O4S2. The van der Waals surface area contributed by atoms with Crippen molar-refractivity contribution in [3.8, 4) is 17.2 Å². The number of rotatable bonds is 9. The summed E-state index contributed by atoms with van der Waals surface area (Å²) >= 11 is 2.69. The summed E-state index contributed by atoms with van der Waals surface area (Å²) < 4.78 is 16.3. The van der Waals surface area contributed by atoms with Crippen LogP contribution in [0.1, 0.15) is 0 Å². The number of nitrogens with zero attached hydrogens (tertiary/aromatic N) is 2. The molecule has 2 N–H and O–H groups in total. The number of aromatic nitrogens is 2. The number of carbonyl (C=O) groups is 1. The molecule has 0 radical (unpaired) electrons. The lowest BCUT2D eigenvalue weighted by Crippen LogP contribution is -2.14. The molecule has 0 unspecified atom stereocenters. The second-order valence-electron chi connectivity index (χ2n) is 5.64. The third kappa shape index (κ3) is 5.75. The van der Waals surface area contributed by atoms with Crippen LogP contribution in [0.5, 0.6) is 17.2 Å². The van der Waals surface area contributed by atoms with Gasteiger partial charge in [0.05, 0.1) is 27.1 Å². The summed E-state index contributed by atoms with van der Waals surface area (Å²) in [5.74, 6) is 1.96. The van der Waals surface area contributed by atoms with E-state index >= 15 is 0 Å². The highest BCUT2D eigenvalue weighted by atomic mass is 32.2. The average Bonchev–Trinajstić information content (AvgIpc) is 3.19. The van der Waals surface area contributed by atoms with Crippen LogP contribution < -0.4 is 24.8 Å². The molecule has 2 aromatic carbocycles. The maximum absolute atomic E-state index is 12.2. The summed E-state index contributed by atoms with van der Waals surface area (Å²) in [6.45, 7) is 0. The molecule has 1 aromatic heterocycles. The van der Waals surface area contributed by atoms with Crippen LogP contribution in [-0.2, 0) is 4.79 Å². The van der Waals surface area contributed by atoms with E-state index in [1.54, 1.807) is 39.5 Å². The Morgan fingerprint density at radius 2 is 1.83 bits per heavy atom. The summed E-state index contributed by atoms with van der Waals surface area (Å²) in [5, 5.41) is 14.9. The number of hydrogen-bond acceptors (Lipinski definition) is 9. The Hall–Kier alpha value is -2.98. The lowest BCUT2D eigenvalue weighted by atomic mass is 10.2. The predicted octanol–water partition coefficient (Wildman–Crippen LogP) is 4.04. The molecule has 1 amide bonds. The first kappa shape index (κ1) is 20.7. The molecule has 1 heterocycles. The number of anilines is 3. The van der Waals surface area contributed by atoms with Gasteiger partial charge in [0.25, 0.3) is 0 Å². The van der Waals surface area contributed by atoms with Gasteiger partial charge in [-0.05, 0) is 24.3 Å². The molecule has 0 aliphatic rings. The van der Waals surface area contributed by atoms with Crippen LogP contribution in [-0.4, -0.2) is 43.2 Å². The van der Waals surface area contributed by atoms with E-state index in [9.17, 15) is 4.79 Å². The van der Waals surface area contributed by atoms with Crippen molar-refractivity contribution in [2.45, 2.75) is 4.34 Å². The van der Waals surface area contributed by atoms with Gasteiger partial charge in [-0.1, -0.05) is 29.2 Å². The molecule has 0 fully saturated rings. The molecule has 0 bridgehead atoms. The van der Waals surface area contributed by atoms with E-state index < -0.39 is 0 Å². The van der Waals surface area contributed by atoms with Gasteiger partial charge in [-0.2, -0.15) is 0 Å². The van der Waals surface area contributed by atoms with Gasteiger partial charge in [0.15, 0.2) is 15.8 Å². The van der Waals surface area contributed by atoms with Crippen molar-refractivity contribution in [3.63, 3.8) is 0 Å². The molecule has 0 aliphatic heterocycles. The van der Waals surface area contributed by atoms with Crippen LogP contribution in [0.25, 0.3) is 0 Å². The van der Waals surface area contributed by atoms with Crippen molar-refractivity contribution in [2.75, 3.05) is 37.7 Å². The molecule has 0 aliphatic carbocycles. The van der Waals surface area contributed by atoms with Gasteiger partial charge >= 0.3 is 0 Å². The van der Waals surface area contributed by atoms with Gasteiger partial charge in [0.2, 0.25) is 11.0 Å². The molecule has 0 saturated heterocycles. The largest absolute Gasteiger partial charge is 0.497 e. The lowest BCUT2D eigenvalue weighted by molar-refractivity contribution is -0.113. The highest BCUT2D eigenvalue weighted by Gasteiger charge is 2.11. The smallest absolute Gasteiger partial charge is 0.234 e. The summed E-state index contributed by atoms with van der Waals surface area (Å²) in [6, 6.07) is 12.7. The standard InChI is InChI=1S/C19H20N4O4S2/c1-25-14-6-4-5-12(9-14)21-18-22-23-19(29-18)28-11-17(24)20-13-7-8-15(26-2)16(10-13)27-3/h4-10H,11H2,1-3H3,(H,20,24)(H,21,22). The Labute approximate surface area is 176 Å². The molecule has 29 heavy (non-hydrogen) atoms. The number of thioether (sulfide) groups is 1. The van der Waals surface area contributed by atoms with E-state index in [0.717, 1.165) is 11.4 Å². The second-order valence-corrected chi connectivity index (χ2v) is 7.84. The minimum Gasteiger partial charge on any atom is -0.497 e. The minimum atomic E-state index is -0.153. The van der Waals surface area contributed by atoms with Crippen LogP contribution >= 0.6 is 23.1 Å². The fourth-order valence-corrected chi connectivity index (χ4v) is 3.95. The quantitative estimate of drug-likeness (QED) is 0.489. The third-order valence-corrected chi connectivity index (χ3v) is 5.69. The fourth-order valence-electron chi connectivity index (χ4n) is 2.38. The molecule has 0 spiro atoms. The molecular weight excluding hydrogens is 412 g/mol. The van der Waals surface area contributed by atoms with Gasteiger partial charge < -0.3 is 24.8 Å². The summed E-state index contributed by atoms with van der Waals surface area (Å²) in [4.78, 5) is 12.2. The summed E-state index contributed by atoms with van der Waals surface area (Å²) in [5.41, 5.74) is 1.48. The zero-order valence-electron chi connectivity index (χ0n) is 16.1. The Bertz CT molecular complexity index is 980. The monoisotopic (exact) mass is 432 g/mol. The highest BCUT2D eigenvalue weighted by Crippen LogP contribution is 2.31. The molecule has 3 rings (SSSR count). The van der Waals surface area contributed by atoms with E-state index in [-0.39, 0.29) is 11.7 Å². The van der Waals surface area contributed by atoms with Crippen LogP contribution in [0, 0.1) is 0 Å². The number of benzene rings is 2. The van der Waals surface area contributed by atoms with Crippen LogP contribution in [0.4, 0.5) is 16.5 Å². The van der Waals surface area contributed by atoms with Gasteiger partial charge in [-0.15, -0.1) is 10.2 Å².